The molecule has 6 rings (SSSR count). The van der Waals surface area contributed by atoms with Crippen LogP contribution in [-0.2, 0) is 30.3 Å². The monoisotopic (exact) mass is 589 g/mol. The smallest absolute Gasteiger partial charge is 0.330 e. The Balaban J connectivity index is 1.61. The zero-order chi connectivity index (χ0) is 29.5. The molecule has 2 aliphatic heterocycles. The zero-order valence-corrected chi connectivity index (χ0v) is 24.0. The van der Waals surface area contributed by atoms with Crippen molar-refractivity contribution in [2.45, 2.75) is 29.8 Å². The molecular weight excluding hydrogens is 558 g/mol. The molecule has 3 aromatic carbocycles. The zero-order valence-electron chi connectivity index (χ0n) is 23.2. The lowest BCUT2D eigenvalue weighted by molar-refractivity contribution is -0.162. The van der Waals surface area contributed by atoms with Gasteiger partial charge in [-0.05, 0) is 28.8 Å². The number of nitrogens with zero attached hydrogens (tertiary/aromatic N) is 2. The predicted molar refractivity (Wildman–Crippen MR) is 156 cm³/mol. The summed E-state index contributed by atoms with van der Waals surface area (Å²) in [6.45, 7) is 0.0247. The lowest BCUT2D eigenvalue weighted by Crippen LogP contribution is -2.60. The second kappa shape index (κ2) is 10.7. The van der Waals surface area contributed by atoms with Gasteiger partial charge in [-0.3, -0.25) is 23.4 Å². The van der Waals surface area contributed by atoms with Crippen LogP contribution in [0.25, 0.3) is 0 Å². The minimum atomic E-state index is -3.77. The van der Waals surface area contributed by atoms with E-state index >= 15 is 0 Å². The van der Waals surface area contributed by atoms with Crippen LogP contribution in [0, 0.1) is 0 Å². The number of fused-ring (bicyclic) bond motifs is 2. The number of rotatable bonds is 9. The first-order valence-corrected chi connectivity index (χ1v) is 15.3. The van der Waals surface area contributed by atoms with Gasteiger partial charge in [-0.25, -0.2) is 4.79 Å². The molecule has 11 heteroatoms. The van der Waals surface area contributed by atoms with Crippen molar-refractivity contribution in [3.05, 3.63) is 135 Å². The lowest BCUT2D eigenvalue weighted by Gasteiger charge is -2.50. The van der Waals surface area contributed by atoms with E-state index in [0.29, 0.717) is 12.2 Å². The van der Waals surface area contributed by atoms with Crippen LogP contribution in [0.1, 0.15) is 23.1 Å². The third-order valence-electron chi connectivity index (χ3n) is 8.18. The number of likely N-dealkylation sites (tertiary alicyclic amines) is 1. The average molecular weight is 590 g/mol. The fourth-order valence-corrected chi connectivity index (χ4v) is 6.91. The molecule has 2 fully saturated rings. The molecule has 1 N–H and O–H groups in total. The number of nitrogens with one attached hydrogen (secondary N) is 1. The first-order chi connectivity index (χ1) is 20.2. The Morgan fingerprint density at radius 3 is 2.07 bits per heavy atom. The summed E-state index contributed by atoms with van der Waals surface area (Å²) in [7, 11) is -2.16. The van der Waals surface area contributed by atoms with Gasteiger partial charge < -0.3 is 9.47 Å². The van der Waals surface area contributed by atoms with Gasteiger partial charge in [-0.15, -0.1) is 0 Å². The van der Waals surface area contributed by atoms with E-state index in [1.807, 2.05) is 60.7 Å². The van der Waals surface area contributed by atoms with E-state index in [1.54, 1.807) is 7.11 Å². The molecule has 218 valence electrons. The molecule has 0 amide bonds. The number of hydrogen-bond acceptors (Lipinski definition) is 8. The molecule has 4 aromatic rings. The van der Waals surface area contributed by atoms with E-state index < -0.39 is 38.7 Å². The standard InChI is InChI=1S/C31H31N3O7S/c1-39-25-15-13-24(14-16-25)31(22-9-5-3-6-10-22,23-11-7-4-8-12-23)34-21-30(33-18-17-28(35)32-29(33)36)19-26(34)27(41-30)20-40-42(2,37)38/h3-18,26-27H,19-21H2,1-2H3,(H,32,35,36)/t26-,27+,30-/m0/s1. The number of methoxy groups -OCH3 is 1. The molecule has 2 bridgehead atoms. The molecule has 2 saturated heterocycles. The third kappa shape index (κ3) is 4.78. The number of morpholine rings is 1. The maximum absolute atomic E-state index is 13.1. The van der Waals surface area contributed by atoms with Crippen molar-refractivity contribution in [3.8, 4) is 5.75 Å². The summed E-state index contributed by atoms with van der Waals surface area (Å²) in [6.07, 6.45) is 2.07. The molecule has 0 spiro atoms. The fourth-order valence-electron chi connectivity index (χ4n) is 6.52. The summed E-state index contributed by atoms with van der Waals surface area (Å²) in [5.41, 5.74) is -0.322. The highest BCUT2D eigenvalue weighted by molar-refractivity contribution is 7.85. The van der Waals surface area contributed by atoms with Gasteiger partial charge in [0, 0.05) is 31.3 Å². The third-order valence-corrected chi connectivity index (χ3v) is 8.74. The Kier molecular flexibility index (Phi) is 7.14. The van der Waals surface area contributed by atoms with Crippen LogP contribution in [0.2, 0.25) is 0 Å². The van der Waals surface area contributed by atoms with E-state index in [-0.39, 0.29) is 19.2 Å². The fraction of sp³-hybridized carbons (Fsp3) is 0.290. The van der Waals surface area contributed by atoms with Crippen molar-refractivity contribution < 1.29 is 22.1 Å². The van der Waals surface area contributed by atoms with E-state index in [1.165, 1.54) is 16.8 Å². The van der Waals surface area contributed by atoms with Gasteiger partial charge in [-0.1, -0.05) is 72.8 Å². The molecule has 0 saturated carbocycles. The highest BCUT2D eigenvalue weighted by Crippen LogP contribution is 2.54. The van der Waals surface area contributed by atoms with E-state index in [0.717, 1.165) is 22.9 Å². The first-order valence-electron chi connectivity index (χ1n) is 13.5. The quantitative estimate of drug-likeness (QED) is 0.234. The van der Waals surface area contributed by atoms with Crippen molar-refractivity contribution in [3.63, 3.8) is 0 Å². The number of hydrogen-bond donors (Lipinski definition) is 1. The van der Waals surface area contributed by atoms with Gasteiger partial charge in [0.25, 0.3) is 15.7 Å². The maximum atomic E-state index is 13.1. The van der Waals surface area contributed by atoms with Crippen molar-refractivity contribution in [1.29, 1.82) is 0 Å². The normalized spacial score (nSPS) is 22.3. The molecular formula is C31H31N3O7S. The molecule has 2 aliphatic rings. The minimum absolute atomic E-state index is 0.234. The largest absolute Gasteiger partial charge is 0.497 e. The Hall–Kier alpha value is -4.03. The SMILES string of the molecule is COc1ccc(C(c2ccccc2)(c2ccccc2)N2C[C@]3(n4ccc(=O)[nH]c4=O)C[C@H]2[C@@H](COS(C)(=O)=O)O3)cc1. The van der Waals surface area contributed by atoms with Gasteiger partial charge in [-0.2, -0.15) is 8.42 Å². The van der Waals surface area contributed by atoms with Crippen LogP contribution in [0.15, 0.2) is 107 Å². The second-order valence-electron chi connectivity index (χ2n) is 10.6. The predicted octanol–water partition coefficient (Wildman–Crippen LogP) is 2.64. The minimum Gasteiger partial charge on any atom is -0.497 e. The van der Waals surface area contributed by atoms with Crippen LogP contribution in [0.3, 0.4) is 0 Å². The van der Waals surface area contributed by atoms with Gasteiger partial charge in [0.1, 0.15) is 11.9 Å². The molecule has 10 nitrogen and oxygen atoms in total. The molecule has 1 aromatic heterocycles. The van der Waals surface area contributed by atoms with Crippen LogP contribution < -0.4 is 16.0 Å². The Bertz CT molecular complexity index is 1750. The first kappa shape index (κ1) is 28.1. The van der Waals surface area contributed by atoms with Crippen molar-refractivity contribution in [2.24, 2.45) is 0 Å². The van der Waals surface area contributed by atoms with Crippen LogP contribution in [-0.4, -0.2) is 61.5 Å². The summed E-state index contributed by atoms with van der Waals surface area (Å²) in [6, 6.07) is 28.8. The summed E-state index contributed by atoms with van der Waals surface area (Å²) in [5.74, 6) is 0.704. The topological polar surface area (TPSA) is 120 Å². The van der Waals surface area contributed by atoms with Crippen molar-refractivity contribution in [1.82, 2.24) is 14.5 Å². The highest BCUT2D eigenvalue weighted by Gasteiger charge is 2.63. The number of aromatic amines is 1. The average Bonchev–Trinajstić information content (AvgIpc) is 3.55. The van der Waals surface area contributed by atoms with Crippen molar-refractivity contribution >= 4 is 10.1 Å². The summed E-state index contributed by atoms with van der Waals surface area (Å²) in [4.78, 5) is 29.7. The molecule has 3 atom stereocenters. The Morgan fingerprint density at radius 2 is 1.52 bits per heavy atom. The second-order valence-corrected chi connectivity index (χ2v) is 12.3. The number of aromatic nitrogens is 2. The molecule has 0 unspecified atom stereocenters. The van der Waals surface area contributed by atoms with Gasteiger partial charge in [0.15, 0.2) is 5.72 Å². The molecule has 0 radical (unpaired) electrons. The Morgan fingerprint density at radius 1 is 0.929 bits per heavy atom. The van der Waals surface area contributed by atoms with Gasteiger partial charge in [0.2, 0.25) is 0 Å². The molecule has 42 heavy (non-hydrogen) atoms. The molecule has 0 aliphatic carbocycles. The molecule has 3 heterocycles. The van der Waals surface area contributed by atoms with Crippen LogP contribution >= 0.6 is 0 Å². The highest BCUT2D eigenvalue weighted by atomic mass is 32.2. The number of ether oxygens (including phenoxy) is 2. The van der Waals surface area contributed by atoms with E-state index in [2.05, 4.69) is 34.1 Å². The van der Waals surface area contributed by atoms with E-state index in [4.69, 9.17) is 13.7 Å². The number of benzene rings is 3. The van der Waals surface area contributed by atoms with Crippen LogP contribution in [0.5, 0.6) is 5.75 Å². The van der Waals surface area contributed by atoms with Gasteiger partial charge in [0.05, 0.1) is 25.5 Å². The van der Waals surface area contributed by atoms with Gasteiger partial charge >= 0.3 is 5.69 Å². The Labute approximate surface area is 243 Å². The van der Waals surface area contributed by atoms with Crippen LogP contribution in [0.4, 0.5) is 0 Å². The summed E-state index contributed by atoms with van der Waals surface area (Å²) in [5, 5.41) is 0. The van der Waals surface area contributed by atoms with Crippen molar-refractivity contribution in [2.75, 3.05) is 26.5 Å². The summed E-state index contributed by atoms with van der Waals surface area (Å²) < 4.78 is 42.7. The summed E-state index contributed by atoms with van der Waals surface area (Å²) >= 11 is 0. The van der Waals surface area contributed by atoms with E-state index in [9.17, 15) is 18.0 Å². The number of H-pyrrole nitrogens is 1. The lowest BCUT2D eigenvalue weighted by atomic mass is 9.74. The maximum Gasteiger partial charge on any atom is 0.330 e.